The highest BCUT2D eigenvalue weighted by atomic mass is 35.5. The zero-order valence-electron chi connectivity index (χ0n) is 16.3. The van der Waals surface area contributed by atoms with E-state index >= 15 is 0 Å². The van der Waals surface area contributed by atoms with Crippen LogP contribution in [0.3, 0.4) is 0 Å². The zero-order valence-corrected chi connectivity index (χ0v) is 17.1. The molecule has 0 radical (unpaired) electrons. The van der Waals surface area contributed by atoms with Crippen LogP contribution < -0.4 is 10.1 Å². The lowest BCUT2D eigenvalue weighted by Crippen LogP contribution is -2.20. The number of hydrogen-bond acceptors (Lipinski definition) is 6. The molecule has 1 N–H and O–H groups in total. The molecule has 0 saturated heterocycles. The maximum atomic E-state index is 12.6. The number of benzene rings is 2. The van der Waals surface area contributed by atoms with Crippen LogP contribution in [0.1, 0.15) is 39.9 Å². The molecule has 0 aliphatic heterocycles. The number of aromatic nitrogens is 2. The number of carbonyl (C=O) groups is 2. The van der Waals surface area contributed by atoms with E-state index in [4.69, 9.17) is 21.1 Å². The Kier molecular flexibility index (Phi) is 7.34. The van der Waals surface area contributed by atoms with Gasteiger partial charge < -0.3 is 14.8 Å². The normalized spacial score (nSPS) is 10.3. The van der Waals surface area contributed by atoms with E-state index in [2.05, 4.69) is 15.3 Å². The molecule has 2 aromatic carbocycles. The SMILES string of the molecule is CCCOC(=O)c1nccnc1C(=O)Nc1ccc(OCc2ccc(Cl)cc2)cc1. The summed E-state index contributed by atoms with van der Waals surface area (Å²) in [5.41, 5.74) is 1.30. The lowest BCUT2D eigenvalue weighted by atomic mass is 10.2. The number of amides is 1. The summed E-state index contributed by atoms with van der Waals surface area (Å²) in [6.45, 7) is 2.51. The average Bonchev–Trinajstić information content (AvgIpc) is 2.78. The molecule has 0 atom stereocenters. The lowest BCUT2D eigenvalue weighted by molar-refractivity contribution is 0.0494. The van der Waals surface area contributed by atoms with Crippen LogP contribution in [0.25, 0.3) is 0 Å². The number of carbonyl (C=O) groups excluding carboxylic acids is 2. The summed E-state index contributed by atoms with van der Waals surface area (Å²) in [5, 5.41) is 3.37. The number of rotatable bonds is 8. The highest BCUT2D eigenvalue weighted by Gasteiger charge is 2.21. The predicted octanol–water partition coefficient (Wildman–Crippen LogP) is 4.53. The lowest BCUT2D eigenvalue weighted by Gasteiger charge is -2.10. The second kappa shape index (κ2) is 10.4. The van der Waals surface area contributed by atoms with Gasteiger partial charge in [-0.1, -0.05) is 30.7 Å². The molecule has 0 aliphatic carbocycles. The van der Waals surface area contributed by atoms with Gasteiger partial charge in [-0.25, -0.2) is 14.8 Å². The molecule has 1 amide bonds. The van der Waals surface area contributed by atoms with Crippen LogP contribution in [0.15, 0.2) is 60.9 Å². The Labute approximate surface area is 179 Å². The molecule has 30 heavy (non-hydrogen) atoms. The third-order valence-electron chi connectivity index (χ3n) is 3.97. The molecule has 8 heteroatoms. The van der Waals surface area contributed by atoms with E-state index in [1.807, 2.05) is 19.1 Å². The minimum Gasteiger partial charge on any atom is -0.489 e. The summed E-state index contributed by atoms with van der Waals surface area (Å²) in [6.07, 6.45) is 3.35. The van der Waals surface area contributed by atoms with Crippen molar-refractivity contribution in [3.63, 3.8) is 0 Å². The minimum absolute atomic E-state index is 0.0957. The monoisotopic (exact) mass is 425 g/mol. The fraction of sp³-hybridized carbons (Fsp3) is 0.182. The van der Waals surface area contributed by atoms with E-state index in [9.17, 15) is 9.59 Å². The van der Waals surface area contributed by atoms with Crippen molar-refractivity contribution in [1.29, 1.82) is 0 Å². The first-order valence-corrected chi connectivity index (χ1v) is 9.71. The van der Waals surface area contributed by atoms with Crippen molar-refractivity contribution in [2.45, 2.75) is 20.0 Å². The highest BCUT2D eigenvalue weighted by Crippen LogP contribution is 2.19. The predicted molar refractivity (Wildman–Crippen MR) is 113 cm³/mol. The van der Waals surface area contributed by atoms with Crippen LogP contribution in [0.5, 0.6) is 5.75 Å². The molecule has 0 saturated carbocycles. The van der Waals surface area contributed by atoms with E-state index in [1.165, 1.54) is 12.4 Å². The summed E-state index contributed by atoms with van der Waals surface area (Å²) >= 11 is 5.87. The van der Waals surface area contributed by atoms with Crippen molar-refractivity contribution in [1.82, 2.24) is 9.97 Å². The maximum Gasteiger partial charge on any atom is 0.359 e. The van der Waals surface area contributed by atoms with Gasteiger partial charge in [0.1, 0.15) is 12.4 Å². The molecule has 0 fully saturated rings. The average molecular weight is 426 g/mol. The summed E-state index contributed by atoms with van der Waals surface area (Å²) < 4.78 is 10.8. The van der Waals surface area contributed by atoms with Crippen LogP contribution in [0.4, 0.5) is 5.69 Å². The first-order chi connectivity index (χ1) is 14.6. The van der Waals surface area contributed by atoms with Crippen molar-refractivity contribution in [3.8, 4) is 5.75 Å². The number of nitrogens with one attached hydrogen (secondary N) is 1. The summed E-state index contributed by atoms with van der Waals surface area (Å²) in [4.78, 5) is 32.6. The Hall–Kier alpha value is -3.45. The van der Waals surface area contributed by atoms with Gasteiger partial charge in [-0.05, 0) is 48.4 Å². The quantitative estimate of drug-likeness (QED) is 0.533. The standard InChI is InChI=1S/C22H20ClN3O4/c1-2-13-29-22(28)20-19(24-11-12-25-20)21(27)26-17-7-9-18(10-8-17)30-14-15-3-5-16(23)6-4-15/h3-12H,2,13-14H2,1H3,(H,26,27). The fourth-order valence-electron chi connectivity index (χ4n) is 2.49. The highest BCUT2D eigenvalue weighted by molar-refractivity contribution is 6.30. The largest absolute Gasteiger partial charge is 0.489 e. The molecular formula is C22H20ClN3O4. The minimum atomic E-state index is -0.680. The topological polar surface area (TPSA) is 90.4 Å². The number of anilines is 1. The zero-order chi connectivity index (χ0) is 21.3. The van der Waals surface area contributed by atoms with Crippen molar-refractivity contribution >= 4 is 29.2 Å². The van der Waals surface area contributed by atoms with Crippen LogP contribution in [-0.2, 0) is 11.3 Å². The van der Waals surface area contributed by atoms with Crippen LogP contribution in [0.2, 0.25) is 5.02 Å². The molecule has 0 bridgehead atoms. The number of esters is 1. The van der Waals surface area contributed by atoms with Gasteiger partial charge in [-0.15, -0.1) is 0 Å². The van der Waals surface area contributed by atoms with E-state index in [0.29, 0.717) is 29.5 Å². The molecular weight excluding hydrogens is 406 g/mol. The molecule has 0 spiro atoms. The first-order valence-electron chi connectivity index (χ1n) is 9.33. The number of ether oxygens (including phenoxy) is 2. The summed E-state index contributed by atoms with van der Waals surface area (Å²) in [6, 6.07) is 14.2. The Balaban J connectivity index is 1.62. The molecule has 3 aromatic rings. The first kappa shape index (κ1) is 21.3. The van der Waals surface area contributed by atoms with E-state index in [0.717, 1.165) is 5.56 Å². The van der Waals surface area contributed by atoms with Gasteiger partial charge in [-0.2, -0.15) is 0 Å². The van der Waals surface area contributed by atoms with Gasteiger partial charge in [0.2, 0.25) is 0 Å². The van der Waals surface area contributed by atoms with Gasteiger partial charge in [0.25, 0.3) is 5.91 Å². The van der Waals surface area contributed by atoms with Gasteiger partial charge in [0.05, 0.1) is 6.61 Å². The molecule has 7 nitrogen and oxygen atoms in total. The molecule has 3 rings (SSSR count). The van der Waals surface area contributed by atoms with Gasteiger partial charge in [-0.3, -0.25) is 4.79 Å². The molecule has 154 valence electrons. The summed E-state index contributed by atoms with van der Waals surface area (Å²) in [7, 11) is 0. The van der Waals surface area contributed by atoms with Crippen LogP contribution >= 0.6 is 11.6 Å². The summed E-state index contributed by atoms with van der Waals surface area (Å²) in [5.74, 6) is -0.589. The van der Waals surface area contributed by atoms with Gasteiger partial charge >= 0.3 is 5.97 Å². The fourth-order valence-corrected chi connectivity index (χ4v) is 2.61. The number of hydrogen-bond donors (Lipinski definition) is 1. The third kappa shape index (κ3) is 5.78. The molecule has 0 unspecified atom stereocenters. The van der Waals surface area contributed by atoms with Gasteiger partial charge in [0.15, 0.2) is 11.4 Å². The molecule has 1 heterocycles. The van der Waals surface area contributed by atoms with Gasteiger partial charge in [0, 0.05) is 23.1 Å². The second-order valence-corrected chi connectivity index (χ2v) is 6.72. The Morgan fingerprint density at radius 3 is 2.30 bits per heavy atom. The smallest absolute Gasteiger partial charge is 0.359 e. The van der Waals surface area contributed by atoms with E-state index in [1.54, 1.807) is 36.4 Å². The Morgan fingerprint density at radius 1 is 0.967 bits per heavy atom. The van der Waals surface area contributed by atoms with E-state index in [-0.39, 0.29) is 18.0 Å². The van der Waals surface area contributed by atoms with Crippen molar-refractivity contribution < 1.29 is 19.1 Å². The molecule has 1 aromatic heterocycles. The van der Waals surface area contributed by atoms with Crippen molar-refractivity contribution in [3.05, 3.63) is 82.9 Å². The van der Waals surface area contributed by atoms with E-state index < -0.39 is 11.9 Å². The Morgan fingerprint density at radius 2 is 1.63 bits per heavy atom. The Bertz CT molecular complexity index is 1010. The molecule has 0 aliphatic rings. The van der Waals surface area contributed by atoms with Crippen molar-refractivity contribution in [2.75, 3.05) is 11.9 Å². The van der Waals surface area contributed by atoms with Crippen LogP contribution in [-0.4, -0.2) is 28.5 Å². The van der Waals surface area contributed by atoms with Crippen molar-refractivity contribution in [2.24, 2.45) is 0 Å². The maximum absolute atomic E-state index is 12.6. The second-order valence-electron chi connectivity index (χ2n) is 6.28. The number of nitrogens with zero attached hydrogens (tertiary/aromatic N) is 2. The third-order valence-corrected chi connectivity index (χ3v) is 4.23. The number of halogens is 1. The van der Waals surface area contributed by atoms with Crippen LogP contribution in [0, 0.1) is 0 Å².